The monoisotopic (exact) mass is 274 g/mol. The van der Waals surface area contributed by atoms with Crippen LogP contribution in [0.4, 0.5) is 0 Å². The summed E-state index contributed by atoms with van der Waals surface area (Å²) in [5.74, 6) is -0.109. The van der Waals surface area contributed by atoms with Crippen molar-refractivity contribution in [3.8, 4) is 0 Å². The van der Waals surface area contributed by atoms with E-state index >= 15 is 0 Å². The van der Waals surface area contributed by atoms with Crippen LogP contribution in [0.15, 0.2) is 24.3 Å². The first-order chi connectivity index (χ1) is 9.54. The van der Waals surface area contributed by atoms with Crippen LogP contribution in [0.5, 0.6) is 0 Å². The van der Waals surface area contributed by atoms with E-state index < -0.39 is 5.60 Å². The summed E-state index contributed by atoms with van der Waals surface area (Å²) in [5, 5.41) is 0. The summed E-state index contributed by atoms with van der Waals surface area (Å²) in [6.07, 6.45) is 3.99. The summed E-state index contributed by atoms with van der Waals surface area (Å²) < 4.78 is 5.59. The molecule has 0 bridgehead atoms. The van der Waals surface area contributed by atoms with E-state index in [2.05, 4.69) is 12.1 Å². The minimum absolute atomic E-state index is 0.188. The van der Waals surface area contributed by atoms with Gasteiger partial charge in [-0.1, -0.05) is 31.2 Å². The highest BCUT2D eigenvalue weighted by Crippen LogP contribution is 2.35. The lowest BCUT2D eigenvalue weighted by Gasteiger charge is -2.37. The van der Waals surface area contributed by atoms with Crippen LogP contribution in [0.25, 0.3) is 0 Å². The Labute approximate surface area is 120 Å². The Morgan fingerprint density at radius 1 is 1.25 bits per heavy atom. The van der Waals surface area contributed by atoms with Crippen molar-refractivity contribution >= 4 is 11.8 Å². The molecule has 1 unspecified atom stereocenters. The van der Waals surface area contributed by atoms with Crippen LogP contribution >= 0.6 is 0 Å². The van der Waals surface area contributed by atoms with Gasteiger partial charge in [0, 0.05) is 26.2 Å². The molecule has 0 saturated carbocycles. The van der Waals surface area contributed by atoms with E-state index in [0.717, 1.165) is 19.3 Å². The predicted octanol–water partition coefficient (Wildman–Crippen LogP) is 3.24. The van der Waals surface area contributed by atoms with Crippen molar-refractivity contribution in [2.45, 2.75) is 58.0 Å². The van der Waals surface area contributed by atoms with Crippen molar-refractivity contribution in [1.82, 2.24) is 0 Å². The van der Waals surface area contributed by atoms with Crippen LogP contribution in [0.2, 0.25) is 0 Å². The fraction of sp³-hybridized carbons (Fsp3) is 0.529. The van der Waals surface area contributed by atoms with E-state index in [4.69, 9.17) is 4.74 Å². The number of ether oxygens (including phenoxy) is 1. The number of rotatable bonds is 5. The standard InChI is InChI=1S/C17H22O3/c1-3-6-16(19)12-17(20-13(2)18)10-9-14-7-4-5-8-15(14)11-17/h4-5,7-8H,3,6,9-12H2,1-2H3. The van der Waals surface area contributed by atoms with E-state index in [-0.39, 0.29) is 11.8 Å². The zero-order valence-electron chi connectivity index (χ0n) is 12.3. The third kappa shape index (κ3) is 3.47. The number of hydrogen-bond acceptors (Lipinski definition) is 3. The highest BCUT2D eigenvalue weighted by molar-refractivity contribution is 5.80. The van der Waals surface area contributed by atoms with Gasteiger partial charge in [0.25, 0.3) is 0 Å². The SMILES string of the molecule is CCCC(=O)CC1(OC(C)=O)CCc2ccccc2C1. The van der Waals surface area contributed by atoms with Crippen LogP contribution in [0, 0.1) is 0 Å². The van der Waals surface area contributed by atoms with Crippen molar-refractivity contribution in [2.24, 2.45) is 0 Å². The molecule has 0 radical (unpaired) electrons. The molecule has 1 aliphatic rings. The molecule has 2 rings (SSSR count). The molecule has 1 atom stereocenters. The Morgan fingerprint density at radius 3 is 2.60 bits per heavy atom. The fourth-order valence-corrected chi connectivity index (χ4v) is 3.08. The van der Waals surface area contributed by atoms with Crippen LogP contribution < -0.4 is 0 Å². The molecule has 0 spiro atoms. The topological polar surface area (TPSA) is 43.4 Å². The van der Waals surface area contributed by atoms with Crippen LogP contribution in [0.3, 0.4) is 0 Å². The van der Waals surface area contributed by atoms with Crippen LogP contribution in [0.1, 0.15) is 50.7 Å². The molecule has 0 amide bonds. The molecule has 0 heterocycles. The summed E-state index contributed by atoms with van der Waals surface area (Å²) in [4.78, 5) is 23.5. The molecule has 108 valence electrons. The molecule has 0 N–H and O–H groups in total. The van der Waals surface area contributed by atoms with E-state index in [1.807, 2.05) is 19.1 Å². The Balaban J connectivity index is 2.21. The zero-order valence-corrected chi connectivity index (χ0v) is 12.3. The Hall–Kier alpha value is -1.64. The highest BCUT2D eigenvalue weighted by atomic mass is 16.6. The third-order valence-electron chi connectivity index (χ3n) is 3.89. The summed E-state index contributed by atoms with van der Waals surface area (Å²) >= 11 is 0. The fourth-order valence-electron chi connectivity index (χ4n) is 3.08. The van der Waals surface area contributed by atoms with Crippen molar-refractivity contribution < 1.29 is 14.3 Å². The summed E-state index contributed by atoms with van der Waals surface area (Å²) in [6, 6.07) is 8.20. The number of Topliss-reactive ketones (excluding diaryl/α,β-unsaturated/α-hetero) is 1. The summed E-state index contributed by atoms with van der Waals surface area (Å²) in [6.45, 7) is 3.42. The van der Waals surface area contributed by atoms with Crippen molar-refractivity contribution in [3.05, 3.63) is 35.4 Å². The average Bonchev–Trinajstić information content (AvgIpc) is 2.37. The number of ketones is 1. The van der Waals surface area contributed by atoms with E-state index in [0.29, 0.717) is 19.3 Å². The molecule has 20 heavy (non-hydrogen) atoms. The molecule has 1 aromatic rings. The molecule has 1 aliphatic carbocycles. The summed E-state index contributed by atoms with van der Waals surface area (Å²) in [5.41, 5.74) is 1.87. The van der Waals surface area contributed by atoms with Gasteiger partial charge in [0.2, 0.25) is 0 Å². The maximum Gasteiger partial charge on any atom is 0.303 e. The van der Waals surface area contributed by atoms with Gasteiger partial charge in [-0.3, -0.25) is 9.59 Å². The van der Waals surface area contributed by atoms with Gasteiger partial charge in [-0.25, -0.2) is 0 Å². The van der Waals surface area contributed by atoms with Gasteiger partial charge in [-0.2, -0.15) is 0 Å². The van der Waals surface area contributed by atoms with Gasteiger partial charge >= 0.3 is 5.97 Å². The summed E-state index contributed by atoms with van der Waals surface area (Å²) in [7, 11) is 0. The quantitative estimate of drug-likeness (QED) is 0.774. The molecular weight excluding hydrogens is 252 g/mol. The second-order valence-corrected chi connectivity index (χ2v) is 5.69. The minimum Gasteiger partial charge on any atom is -0.458 e. The lowest BCUT2D eigenvalue weighted by atomic mass is 9.77. The lowest BCUT2D eigenvalue weighted by molar-refractivity contribution is -0.160. The second-order valence-electron chi connectivity index (χ2n) is 5.69. The highest BCUT2D eigenvalue weighted by Gasteiger charge is 2.38. The number of aryl methyl sites for hydroxylation is 1. The molecule has 0 aliphatic heterocycles. The van der Waals surface area contributed by atoms with Crippen molar-refractivity contribution in [3.63, 3.8) is 0 Å². The molecule has 1 aromatic carbocycles. The van der Waals surface area contributed by atoms with Gasteiger partial charge in [0.1, 0.15) is 11.4 Å². The minimum atomic E-state index is -0.632. The largest absolute Gasteiger partial charge is 0.458 e. The van der Waals surface area contributed by atoms with Crippen LogP contribution in [-0.4, -0.2) is 17.4 Å². The molecular formula is C17H22O3. The Bertz CT molecular complexity index is 507. The van der Waals surface area contributed by atoms with Crippen LogP contribution in [-0.2, 0) is 27.2 Å². The van der Waals surface area contributed by atoms with Gasteiger partial charge in [0.05, 0.1) is 0 Å². The number of hydrogen-bond donors (Lipinski definition) is 0. The Kier molecular flexibility index (Phi) is 4.58. The first kappa shape index (κ1) is 14.8. The average molecular weight is 274 g/mol. The van der Waals surface area contributed by atoms with Gasteiger partial charge < -0.3 is 4.74 Å². The van der Waals surface area contributed by atoms with Gasteiger partial charge in [-0.05, 0) is 30.4 Å². The van der Waals surface area contributed by atoms with E-state index in [9.17, 15) is 9.59 Å². The van der Waals surface area contributed by atoms with Gasteiger partial charge in [-0.15, -0.1) is 0 Å². The number of carbonyl (C=O) groups is 2. The smallest absolute Gasteiger partial charge is 0.303 e. The lowest BCUT2D eigenvalue weighted by Crippen LogP contribution is -2.42. The first-order valence-electron chi connectivity index (χ1n) is 7.33. The predicted molar refractivity (Wildman–Crippen MR) is 77.5 cm³/mol. The number of esters is 1. The molecule has 0 fully saturated rings. The Morgan fingerprint density at radius 2 is 1.95 bits per heavy atom. The molecule has 3 heteroatoms. The molecule has 3 nitrogen and oxygen atoms in total. The maximum absolute atomic E-state index is 12.0. The maximum atomic E-state index is 12.0. The molecule has 0 aromatic heterocycles. The number of benzene rings is 1. The zero-order chi connectivity index (χ0) is 14.6. The number of carbonyl (C=O) groups excluding carboxylic acids is 2. The first-order valence-corrected chi connectivity index (χ1v) is 7.33. The van der Waals surface area contributed by atoms with Crippen molar-refractivity contribution in [2.75, 3.05) is 0 Å². The van der Waals surface area contributed by atoms with Crippen molar-refractivity contribution in [1.29, 1.82) is 0 Å². The molecule has 0 saturated heterocycles. The van der Waals surface area contributed by atoms with E-state index in [1.165, 1.54) is 18.1 Å². The van der Waals surface area contributed by atoms with Gasteiger partial charge in [0.15, 0.2) is 0 Å². The normalized spacial score (nSPS) is 21.1. The third-order valence-corrected chi connectivity index (χ3v) is 3.89. The number of fused-ring (bicyclic) bond motifs is 1. The van der Waals surface area contributed by atoms with E-state index in [1.54, 1.807) is 0 Å². The second kappa shape index (κ2) is 6.21.